The van der Waals surface area contributed by atoms with E-state index in [9.17, 15) is 13.8 Å². The lowest BCUT2D eigenvalue weighted by molar-refractivity contribution is -0.134. The van der Waals surface area contributed by atoms with Gasteiger partial charge in [-0.1, -0.05) is 11.6 Å². The molecule has 7 atom stereocenters. The number of likely N-dealkylation sites (tertiary alicyclic amines) is 1. The summed E-state index contributed by atoms with van der Waals surface area (Å²) in [5, 5.41) is 8.46. The van der Waals surface area contributed by atoms with Crippen LogP contribution < -0.4 is 0 Å². The highest BCUT2D eigenvalue weighted by Gasteiger charge is 2.72. The van der Waals surface area contributed by atoms with E-state index in [1.165, 1.54) is 10.5 Å². The van der Waals surface area contributed by atoms with E-state index in [4.69, 9.17) is 24.1 Å². The SMILES string of the molecule is CO[C@@H]1[C@H](OC(=O)N2CC(S(=O)CC(=O)O)C2)CC[C@]2(CO2)[C@H]1[C@@]1(C)O[C@@H]1CC=C(C)C. The second kappa shape index (κ2) is 8.70. The topological polar surface area (TPSA) is 118 Å². The number of hydrogen-bond donors (Lipinski definition) is 1. The molecule has 4 aliphatic rings. The Bertz CT molecular complexity index is 817. The van der Waals surface area contributed by atoms with E-state index < -0.39 is 40.3 Å². The van der Waals surface area contributed by atoms with Crippen LogP contribution in [0.2, 0.25) is 0 Å². The normalized spacial score (nSPS) is 39.2. The summed E-state index contributed by atoms with van der Waals surface area (Å²) < 4.78 is 35.8. The smallest absolute Gasteiger partial charge is 0.410 e. The lowest BCUT2D eigenvalue weighted by Gasteiger charge is -2.44. The minimum atomic E-state index is -1.49. The molecule has 1 aliphatic carbocycles. The highest BCUT2D eigenvalue weighted by molar-refractivity contribution is 7.86. The van der Waals surface area contributed by atoms with Crippen molar-refractivity contribution in [3.63, 3.8) is 0 Å². The highest BCUT2D eigenvalue weighted by Crippen LogP contribution is 2.59. The van der Waals surface area contributed by atoms with E-state index in [-0.39, 0.29) is 42.1 Å². The van der Waals surface area contributed by atoms with Gasteiger partial charge in [-0.25, -0.2) is 4.79 Å². The predicted octanol–water partition coefficient (Wildman–Crippen LogP) is 1.72. The molecule has 0 aromatic rings. The van der Waals surface area contributed by atoms with Crippen molar-refractivity contribution in [2.24, 2.45) is 5.92 Å². The number of carbonyl (C=O) groups is 2. The maximum Gasteiger partial charge on any atom is 0.410 e. The molecule has 1 N–H and O–H groups in total. The number of allylic oxidation sites excluding steroid dienone is 1. The minimum Gasteiger partial charge on any atom is -0.481 e. The van der Waals surface area contributed by atoms with Gasteiger partial charge >= 0.3 is 12.1 Å². The first-order valence-electron chi connectivity index (χ1n) is 11.1. The third-order valence-corrected chi connectivity index (χ3v) is 8.81. The van der Waals surface area contributed by atoms with Gasteiger partial charge in [-0.05, 0) is 40.0 Å². The van der Waals surface area contributed by atoms with Gasteiger partial charge in [0.05, 0.1) is 23.9 Å². The maximum absolute atomic E-state index is 12.7. The van der Waals surface area contributed by atoms with E-state index in [0.717, 1.165) is 12.8 Å². The second-order valence-electron chi connectivity index (χ2n) is 9.75. The molecule has 180 valence electrons. The molecule has 1 unspecified atom stereocenters. The van der Waals surface area contributed by atoms with Crippen molar-refractivity contribution in [2.45, 2.75) is 74.8 Å². The van der Waals surface area contributed by atoms with Crippen LogP contribution >= 0.6 is 0 Å². The summed E-state index contributed by atoms with van der Waals surface area (Å²) in [4.78, 5) is 24.9. The Morgan fingerprint density at radius 1 is 1.31 bits per heavy atom. The van der Waals surface area contributed by atoms with Gasteiger partial charge in [-0.3, -0.25) is 9.00 Å². The van der Waals surface area contributed by atoms with E-state index in [1.807, 2.05) is 0 Å². The zero-order valence-corrected chi connectivity index (χ0v) is 19.9. The van der Waals surface area contributed by atoms with Crippen LogP contribution in [0.1, 0.15) is 40.0 Å². The quantitative estimate of drug-likeness (QED) is 0.420. The van der Waals surface area contributed by atoms with Crippen molar-refractivity contribution < 1.29 is 37.9 Å². The minimum absolute atomic E-state index is 0.0469. The van der Waals surface area contributed by atoms with Crippen LogP contribution in [0.4, 0.5) is 4.79 Å². The molecule has 1 amide bonds. The number of aliphatic carboxylic acids is 1. The maximum atomic E-state index is 12.7. The predicted molar refractivity (Wildman–Crippen MR) is 116 cm³/mol. The first-order chi connectivity index (χ1) is 15.1. The van der Waals surface area contributed by atoms with Crippen LogP contribution in [0.15, 0.2) is 11.6 Å². The summed E-state index contributed by atoms with van der Waals surface area (Å²) in [6, 6.07) is 0. The summed E-state index contributed by atoms with van der Waals surface area (Å²) in [6.45, 7) is 7.37. The first-order valence-corrected chi connectivity index (χ1v) is 12.5. The Labute approximate surface area is 190 Å². The number of carboxylic acids is 1. The van der Waals surface area contributed by atoms with Crippen molar-refractivity contribution in [3.8, 4) is 0 Å². The number of amides is 1. The molecule has 0 aromatic heterocycles. The average Bonchev–Trinajstić information content (AvgIpc) is 3.57. The number of carbonyl (C=O) groups excluding carboxylic acids is 1. The third kappa shape index (κ3) is 4.47. The molecular weight excluding hydrogens is 438 g/mol. The number of nitrogens with zero attached hydrogens (tertiary/aromatic N) is 1. The standard InChI is InChI=1S/C22H33NO8S/c1-13(2)5-6-16-21(3,31-16)19-18(28-4)15(7-8-22(19)12-29-22)30-20(26)23-9-14(10-23)32(27)11-17(24)25/h5,14-16,18-19H,6-12H2,1-4H3,(H,24,25)/t15-,16-,18-,19-,21+,22+,32?/m1/s1. The van der Waals surface area contributed by atoms with Gasteiger partial charge in [-0.15, -0.1) is 0 Å². The van der Waals surface area contributed by atoms with Gasteiger partial charge in [0.2, 0.25) is 0 Å². The van der Waals surface area contributed by atoms with Gasteiger partial charge in [0.15, 0.2) is 0 Å². The van der Waals surface area contributed by atoms with Crippen molar-refractivity contribution in [1.82, 2.24) is 4.90 Å². The third-order valence-electron chi connectivity index (χ3n) is 7.23. The molecule has 4 rings (SSSR count). The van der Waals surface area contributed by atoms with Crippen LogP contribution in [-0.4, -0.2) is 93.6 Å². The van der Waals surface area contributed by atoms with Crippen molar-refractivity contribution in [2.75, 3.05) is 32.6 Å². The zero-order chi connectivity index (χ0) is 23.3. The van der Waals surface area contributed by atoms with Crippen molar-refractivity contribution in [3.05, 3.63) is 11.6 Å². The van der Waals surface area contributed by atoms with Crippen LogP contribution in [0.5, 0.6) is 0 Å². The van der Waals surface area contributed by atoms with E-state index >= 15 is 0 Å². The van der Waals surface area contributed by atoms with Gasteiger partial charge in [0.25, 0.3) is 0 Å². The second-order valence-corrected chi connectivity index (χ2v) is 11.5. The summed E-state index contributed by atoms with van der Waals surface area (Å²) >= 11 is 0. The number of epoxide rings is 2. The number of rotatable bonds is 8. The van der Waals surface area contributed by atoms with Crippen LogP contribution in [0.3, 0.4) is 0 Å². The molecule has 0 aromatic carbocycles. The molecule has 1 saturated carbocycles. The molecule has 32 heavy (non-hydrogen) atoms. The average molecular weight is 472 g/mol. The lowest BCUT2D eigenvalue weighted by atomic mass is 9.68. The van der Waals surface area contributed by atoms with Crippen molar-refractivity contribution in [1.29, 1.82) is 0 Å². The summed E-state index contributed by atoms with van der Waals surface area (Å²) in [7, 11) is 0.137. The number of hydrogen-bond acceptors (Lipinski definition) is 7. The Balaban J connectivity index is 1.38. The number of carboxylic acid groups (broad SMARTS) is 1. The van der Waals surface area contributed by atoms with Gasteiger partial charge < -0.3 is 29.0 Å². The number of ether oxygens (including phenoxy) is 4. The lowest BCUT2D eigenvalue weighted by Crippen LogP contribution is -2.59. The fourth-order valence-electron chi connectivity index (χ4n) is 5.27. The molecule has 3 heterocycles. The molecule has 9 nitrogen and oxygen atoms in total. The Hall–Kier alpha value is -1.49. The molecule has 0 radical (unpaired) electrons. The van der Waals surface area contributed by atoms with E-state index in [2.05, 4.69) is 26.8 Å². The highest BCUT2D eigenvalue weighted by atomic mass is 32.2. The van der Waals surface area contributed by atoms with Gasteiger partial charge in [0, 0.05) is 31.0 Å². The Kier molecular flexibility index (Phi) is 6.43. The molecule has 0 bridgehead atoms. The van der Waals surface area contributed by atoms with Crippen molar-refractivity contribution >= 4 is 22.9 Å². The first kappa shape index (κ1) is 23.7. The fraction of sp³-hybridized carbons (Fsp3) is 0.818. The molecule has 10 heteroatoms. The zero-order valence-electron chi connectivity index (χ0n) is 19.1. The molecule has 1 spiro atoms. The monoisotopic (exact) mass is 471 g/mol. The molecular formula is C22H33NO8S. The Morgan fingerprint density at radius 2 is 2.00 bits per heavy atom. The summed E-state index contributed by atoms with van der Waals surface area (Å²) in [5.41, 5.74) is 0.563. The van der Waals surface area contributed by atoms with E-state index in [1.54, 1.807) is 7.11 Å². The molecule has 4 fully saturated rings. The number of methoxy groups -OCH3 is 1. The van der Waals surface area contributed by atoms with E-state index in [0.29, 0.717) is 13.0 Å². The molecule has 3 saturated heterocycles. The largest absolute Gasteiger partial charge is 0.481 e. The summed E-state index contributed by atoms with van der Waals surface area (Å²) in [6.07, 6.45) is 3.23. The molecule has 3 aliphatic heterocycles. The van der Waals surface area contributed by atoms with Crippen LogP contribution in [0.25, 0.3) is 0 Å². The van der Waals surface area contributed by atoms with Gasteiger partial charge in [-0.2, -0.15) is 0 Å². The Morgan fingerprint density at radius 3 is 2.56 bits per heavy atom. The van der Waals surface area contributed by atoms with Crippen LogP contribution in [-0.2, 0) is 34.5 Å². The van der Waals surface area contributed by atoms with Gasteiger partial charge in [0.1, 0.15) is 29.2 Å². The fourth-order valence-corrected chi connectivity index (χ4v) is 6.44. The van der Waals surface area contributed by atoms with Crippen LogP contribution in [0, 0.1) is 5.92 Å². The summed E-state index contributed by atoms with van der Waals surface area (Å²) in [5.74, 6) is -1.55.